The van der Waals surface area contributed by atoms with Crippen LogP contribution in [0.15, 0.2) is 0 Å². The van der Waals surface area contributed by atoms with E-state index in [1.807, 2.05) is 0 Å². The van der Waals surface area contributed by atoms with E-state index < -0.39 is 97.5 Å². The number of hydrogen-bond donors (Lipinski definition) is 1. The van der Waals surface area contributed by atoms with E-state index in [1.165, 1.54) is 0 Å². The third-order valence-corrected chi connectivity index (χ3v) is 6.11. The van der Waals surface area contributed by atoms with E-state index >= 15 is 0 Å². The maximum atomic E-state index is 13.7. The van der Waals surface area contributed by atoms with Crippen molar-refractivity contribution in [1.29, 1.82) is 0 Å². The largest absolute Gasteiger partial charge is 0.460 e. The predicted molar refractivity (Wildman–Crippen MR) is 101 cm³/mol. The highest BCUT2D eigenvalue weighted by Gasteiger charge is 2.95. The van der Waals surface area contributed by atoms with Gasteiger partial charge in [-0.05, 0) is 0 Å². The smallest absolute Gasteiger partial charge is 0.261 e. The van der Waals surface area contributed by atoms with Gasteiger partial charge in [0, 0.05) is 12.2 Å². The van der Waals surface area contributed by atoms with Gasteiger partial charge in [0.15, 0.2) is 0 Å². The molecular formula is C13H7Cl3F17NO4S2. The first kappa shape index (κ1) is 39.4. The second-order valence-corrected chi connectivity index (χ2v) is 11.9. The van der Waals surface area contributed by atoms with E-state index in [4.69, 9.17) is 34.8 Å². The van der Waals surface area contributed by atoms with Gasteiger partial charge in [-0.15, -0.1) is 0 Å². The van der Waals surface area contributed by atoms with Crippen molar-refractivity contribution in [2.24, 2.45) is 0 Å². The lowest BCUT2D eigenvalue weighted by molar-refractivity contribution is -0.461. The van der Waals surface area contributed by atoms with Gasteiger partial charge in [-0.1, -0.05) is 46.6 Å². The number of rotatable bonds is 12. The maximum absolute atomic E-state index is 13.7. The maximum Gasteiger partial charge on any atom is 0.460 e. The number of alkyl halides is 20. The predicted octanol–water partition coefficient (Wildman–Crippen LogP) is 7.46. The third-order valence-electron chi connectivity index (χ3n) is 4.02. The summed E-state index contributed by atoms with van der Waals surface area (Å²) in [6, 6.07) is 0. The molecule has 27 heteroatoms. The minimum absolute atomic E-state index is 0.823. The van der Waals surface area contributed by atoms with Gasteiger partial charge in [-0.3, -0.25) is 4.79 Å². The molecule has 0 aliphatic carbocycles. The van der Waals surface area contributed by atoms with Crippen LogP contribution < -0.4 is 4.72 Å². The van der Waals surface area contributed by atoms with Crippen LogP contribution in [-0.2, 0) is 14.5 Å². The van der Waals surface area contributed by atoms with E-state index in [9.17, 15) is 87.8 Å². The van der Waals surface area contributed by atoms with Crippen LogP contribution in [0.25, 0.3) is 0 Å². The molecule has 0 atom stereocenters. The van der Waals surface area contributed by atoms with Gasteiger partial charge in [0.2, 0.25) is 3.79 Å². The van der Waals surface area contributed by atoms with Crippen molar-refractivity contribution < 1.29 is 92.0 Å². The molecule has 0 fully saturated rings. The number of amides is 1. The summed E-state index contributed by atoms with van der Waals surface area (Å²) in [5.74, 6) is -59.5. The van der Waals surface area contributed by atoms with Gasteiger partial charge in [0.1, 0.15) is 6.61 Å². The van der Waals surface area contributed by atoms with Crippen LogP contribution in [0.3, 0.4) is 0 Å². The Balaban J connectivity index is 5.96. The zero-order valence-corrected chi connectivity index (χ0v) is 21.5. The normalized spacial score (nSPS) is 15.8. The number of hydrogen-bond acceptors (Lipinski definition) is 5. The molecule has 0 radical (unpaired) electrons. The molecule has 0 bridgehead atoms. The van der Waals surface area contributed by atoms with E-state index in [-0.39, 0.29) is 0 Å². The zero-order chi connectivity index (χ0) is 32.8. The van der Waals surface area contributed by atoms with Gasteiger partial charge >= 0.3 is 57.9 Å². The van der Waals surface area contributed by atoms with Crippen LogP contribution >= 0.6 is 46.6 Å². The summed E-state index contributed by atoms with van der Waals surface area (Å²) in [5, 5.41) is -2.05. The molecule has 5 nitrogen and oxygen atoms in total. The van der Waals surface area contributed by atoms with E-state index in [2.05, 4.69) is 4.18 Å². The molecule has 0 saturated heterocycles. The highest BCUT2D eigenvalue weighted by Crippen LogP contribution is 2.64. The first-order chi connectivity index (χ1) is 17.1. The number of nitrogens with one attached hydrogen (secondary N) is 1. The Morgan fingerprint density at radius 3 is 1.35 bits per heavy atom. The lowest BCUT2D eigenvalue weighted by atomic mass is 9.88. The standard InChI is InChI=1S/C13H7Cl3F17NO4S2/c14-6(15,16)3-38-40(36,37)34-4(35)39-2-1-5(17,18)7(19,20)8(21,22)9(23,24)10(25,26)11(27,28)12(29,30)13(31,32)33/h1-3H2,(H,34,35). The summed E-state index contributed by atoms with van der Waals surface area (Å²) in [6.07, 6.45) is -10.8. The van der Waals surface area contributed by atoms with Gasteiger partial charge in [-0.2, -0.15) is 83.1 Å². The van der Waals surface area contributed by atoms with Crippen LogP contribution in [0.5, 0.6) is 0 Å². The Hall–Kier alpha value is -0.590. The summed E-state index contributed by atoms with van der Waals surface area (Å²) >= 11 is 14.5. The van der Waals surface area contributed by atoms with Crippen LogP contribution in [-0.4, -0.2) is 77.4 Å². The van der Waals surface area contributed by atoms with Crippen LogP contribution in [0.2, 0.25) is 0 Å². The molecule has 0 rings (SSSR count). The first-order valence-corrected chi connectivity index (χ1v) is 12.2. The van der Waals surface area contributed by atoms with E-state index in [0.29, 0.717) is 0 Å². The van der Waals surface area contributed by atoms with Crippen LogP contribution in [0.4, 0.5) is 79.4 Å². The van der Waals surface area contributed by atoms with Crippen molar-refractivity contribution in [1.82, 2.24) is 4.72 Å². The van der Waals surface area contributed by atoms with E-state index in [0.717, 1.165) is 4.72 Å². The fraction of sp³-hybridized carbons (Fsp3) is 0.923. The number of carbonyl (C=O) groups excluding carboxylic acids is 1. The molecular weight excluding hydrogens is 728 g/mol. The zero-order valence-electron chi connectivity index (χ0n) is 17.6. The number of halogens is 20. The molecule has 0 aliphatic rings. The fourth-order valence-corrected chi connectivity index (χ4v) is 3.97. The molecule has 1 N–H and O–H groups in total. The van der Waals surface area contributed by atoms with E-state index in [1.54, 1.807) is 0 Å². The summed E-state index contributed by atoms with van der Waals surface area (Å²) in [5.41, 5.74) is 0. The van der Waals surface area contributed by atoms with Crippen molar-refractivity contribution in [2.75, 3.05) is 12.4 Å². The quantitative estimate of drug-likeness (QED) is 0.167. The third kappa shape index (κ3) is 7.48. The Kier molecular flexibility index (Phi) is 11.3. The Morgan fingerprint density at radius 2 is 1.00 bits per heavy atom. The molecule has 40 heavy (non-hydrogen) atoms. The lowest BCUT2D eigenvalue weighted by Gasteiger charge is -2.42. The molecule has 0 aliphatic heterocycles. The molecule has 0 heterocycles. The lowest BCUT2D eigenvalue weighted by Crippen LogP contribution is -2.74. The molecule has 240 valence electrons. The molecule has 0 saturated carbocycles. The van der Waals surface area contributed by atoms with Gasteiger partial charge in [0.25, 0.3) is 5.24 Å². The van der Waals surface area contributed by atoms with Gasteiger partial charge in [0.05, 0.1) is 0 Å². The molecule has 0 unspecified atom stereocenters. The van der Waals surface area contributed by atoms with Crippen LogP contribution in [0.1, 0.15) is 6.42 Å². The molecule has 1 amide bonds. The van der Waals surface area contributed by atoms with Crippen molar-refractivity contribution in [3.8, 4) is 0 Å². The highest BCUT2D eigenvalue weighted by atomic mass is 35.6. The van der Waals surface area contributed by atoms with Crippen molar-refractivity contribution >= 4 is 62.1 Å². The van der Waals surface area contributed by atoms with Gasteiger partial charge < -0.3 is 0 Å². The highest BCUT2D eigenvalue weighted by molar-refractivity contribution is 8.14. The fourth-order valence-electron chi connectivity index (χ4n) is 1.93. The van der Waals surface area contributed by atoms with Crippen molar-refractivity contribution in [3.63, 3.8) is 0 Å². The van der Waals surface area contributed by atoms with Crippen LogP contribution in [0, 0.1) is 0 Å². The molecule has 0 aromatic rings. The number of carbonyl (C=O) groups is 1. The minimum atomic E-state index is -8.77. The Bertz CT molecular complexity index is 1030. The summed E-state index contributed by atoms with van der Waals surface area (Å²) in [4.78, 5) is 11.3. The molecule has 0 spiro atoms. The first-order valence-electron chi connectivity index (χ1n) is 8.68. The second-order valence-electron chi connectivity index (χ2n) is 6.97. The van der Waals surface area contributed by atoms with Gasteiger partial charge in [-0.25, -0.2) is 8.91 Å². The molecule has 0 aromatic heterocycles. The summed E-state index contributed by atoms with van der Waals surface area (Å²) < 4.78 is 249. The van der Waals surface area contributed by atoms with Crippen molar-refractivity contribution in [2.45, 2.75) is 57.8 Å². The number of thioether (sulfide) groups is 1. The summed E-state index contributed by atoms with van der Waals surface area (Å²) in [6.45, 7) is -1.29. The molecule has 0 aromatic carbocycles. The topological polar surface area (TPSA) is 72.5 Å². The average Bonchev–Trinajstić information content (AvgIpc) is 2.69. The monoisotopic (exact) mass is 733 g/mol. The SMILES string of the molecule is O=C(NS(=O)(=O)OCC(Cl)(Cl)Cl)SCCC(F)(F)C(F)(F)C(F)(F)C(F)(F)C(F)(F)C(F)(F)C(F)(F)C(F)(F)F. The van der Waals surface area contributed by atoms with Crippen molar-refractivity contribution in [3.05, 3.63) is 0 Å². The minimum Gasteiger partial charge on any atom is -0.261 e. The second kappa shape index (κ2) is 11.5. The Morgan fingerprint density at radius 1 is 0.650 bits per heavy atom. The Labute approximate surface area is 229 Å². The average molecular weight is 735 g/mol. The summed E-state index contributed by atoms with van der Waals surface area (Å²) in [7, 11) is -5.23.